The summed E-state index contributed by atoms with van der Waals surface area (Å²) in [6.07, 6.45) is 0. The van der Waals surface area contributed by atoms with Crippen molar-refractivity contribution < 1.29 is 0 Å². The molecule has 0 amide bonds. The zero-order valence-corrected chi connectivity index (χ0v) is 10.7. The van der Waals surface area contributed by atoms with Crippen LogP contribution in [-0.2, 0) is 0 Å². The summed E-state index contributed by atoms with van der Waals surface area (Å²) in [5.74, 6) is 0. The molecule has 0 heterocycles. The molecule has 0 aliphatic carbocycles. The maximum atomic E-state index is 4.13. The average Bonchev–Trinajstić information content (AvgIpc) is 1.49. The number of thioether (sulfide) groups is 2. The van der Waals surface area contributed by atoms with E-state index >= 15 is 0 Å². The first-order chi connectivity index (χ1) is 5.10. The molecule has 0 aliphatic heterocycles. The topological polar surface area (TPSA) is 0 Å². The molecule has 73 valence electrons. The van der Waals surface area contributed by atoms with Crippen LogP contribution in [0, 0.1) is 6.92 Å². The summed E-state index contributed by atoms with van der Waals surface area (Å²) in [7, 11) is 0. The SMILES string of the molecule is [CH2]C(SC(C)(C)C)SC(C)(C)C. The van der Waals surface area contributed by atoms with Gasteiger partial charge in [0, 0.05) is 9.49 Å². The molecule has 0 N–H and O–H groups in total. The van der Waals surface area contributed by atoms with Gasteiger partial charge in [-0.1, -0.05) is 41.5 Å². The average molecular weight is 205 g/mol. The minimum atomic E-state index is 0.324. The summed E-state index contributed by atoms with van der Waals surface area (Å²) in [4.78, 5) is 0. The largest absolute Gasteiger partial charge is 0.142 e. The van der Waals surface area contributed by atoms with Crippen molar-refractivity contribution >= 4 is 23.5 Å². The van der Waals surface area contributed by atoms with Crippen LogP contribution in [0.5, 0.6) is 0 Å². The van der Waals surface area contributed by atoms with Crippen LogP contribution in [-0.4, -0.2) is 14.1 Å². The normalized spacial score (nSPS) is 14.0. The second kappa shape index (κ2) is 4.28. The van der Waals surface area contributed by atoms with E-state index < -0.39 is 0 Å². The smallest absolute Gasteiger partial charge is 0.0513 e. The van der Waals surface area contributed by atoms with Gasteiger partial charge in [-0.2, -0.15) is 0 Å². The summed E-state index contributed by atoms with van der Waals surface area (Å²) in [6.45, 7) is 17.5. The fourth-order valence-electron chi connectivity index (χ4n) is 0.813. The predicted molar refractivity (Wildman–Crippen MR) is 63.8 cm³/mol. The highest BCUT2D eigenvalue weighted by Crippen LogP contribution is 2.39. The zero-order chi connectivity index (χ0) is 9.99. The molecule has 0 saturated carbocycles. The van der Waals surface area contributed by atoms with Crippen LogP contribution in [0.2, 0.25) is 0 Å². The Hall–Kier alpha value is 0.700. The minimum Gasteiger partial charge on any atom is -0.142 e. The van der Waals surface area contributed by atoms with Crippen molar-refractivity contribution in [2.45, 2.75) is 55.6 Å². The molecule has 0 atom stereocenters. The lowest BCUT2D eigenvalue weighted by atomic mass is 10.3. The summed E-state index contributed by atoms with van der Waals surface area (Å²) in [5.41, 5.74) is 0. The first-order valence-electron chi connectivity index (χ1n) is 4.29. The van der Waals surface area contributed by atoms with Crippen molar-refractivity contribution in [3.8, 4) is 0 Å². The van der Waals surface area contributed by atoms with E-state index in [2.05, 4.69) is 48.5 Å². The molecule has 0 fully saturated rings. The van der Waals surface area contributed by atoms with Crippen LogP contribution >= 0.6 is 23.5 Å². The Bertz CT molecular complexity index is 112. The molecule has 0 unspecified atom stereocenters. The van der Waals surface area contributed by atoms with Gasteiger partial charge >= 0.3 is 0 Å². The molecule has 0 spiro atoms. The van der Waals surface area contributed by atoms with Crippen molar-refractivity contribution in [3.63, 3.8) is 0 Å². The third-order valence-corrected chi connectivity index (χ3v) is 3.49. The van der Waals surface area contributed by atoms with Gasteiger partial charge in [-0.15, -0.1) is 23.5 Å². The molecule has 0 aromatic rings. The molecule has 0 aliphatic rings. The lowest BCUT2D eigenvalue weighted by molar-refractivity contribution is 0.795. The lowest BCUT2D eigenvalue weighted by Gasteiger charge is -2.27. The Kier molecular flexibility index (Phi) is 4.53. The van der Waals surface area contributed by atoms with Gasteiger partial charge < -0.3 is 0 Å². The summed E-state index contributed by atoms with van der Waals surface area (Å²) >= 11 is 3.87. The predicted octanol–water partition coefficient (Wildman–Crippen LogP) is 4.21. The third kappa shape index (κ3) is 8.79. The van der Waals surface area contributed by atoms with Gasteiger partial charge in [0.05, 0.1) is 4.58 Å². The second-order valence-electron chi connectivity index (χ2n) is 4.89. The van der Waals surface area contributed by atoms with Gasteiger partial charge in [-0.25, -0.2) is 0 Å². The molecule has 0 nitrogen and oxygen atoms in total. The highest BCUT2D eigenvalue weighted by Gasteiger charge is 2.21. The van der Waals surface area contributed by atoms with Crippen LogP contribution in [0.25, 0.3) is 0 Å². The molecular formula is C10H21S2. The Morgan fingerprint density at radius 1 is 0.833 bits per heavy atom. The summed E-state index contributed by atoms with van der Waals surface area (Å²) in [6, 6.07) is 0. The summed E-state index contributed by atoms with van der Waals surface area (Å²) < 4.78 is 1.08. The van der Waals surface area contributed by atoms with Crippen molar-refractivity contribution in [3.05, 3.63) is 6.92 Å². The van der Waals surface area contributed by atoms with Gasteiger partial charge in [0.1, 0.15) is 0 Å². The molecule has 0 rings (SSSR count). The first-order valence-corrected chi connectivity index (χ1v) is 6.05. The molecule has 1 radical (unpaired) electrons. The Labute approximate surface area is 86.3 Å². The van der Waals surface area contributed by atoms with Crippen LogP contribution in [0.4, 0.5) is 0 Å². The van der Waals surface area contributed by atoms with Crippen LogP contribution in [0.3, 0.4) is 0 Å². The van der Waals surface area contributed by atoms with Gasteiger partial charge in [-0.3, -0.25) is 0 Å². The molecule has 12 heavy (non-hydrogen) atoms. The van der Waals surface area contributed by atoms with E-state index in [0.29, 0.717) is 14.1 Å². The molecule has 0 saturated heterocycles. The lowest BCUT2D eigenvalue weighted by Crippen LogP contribution is -2.17. The quantitative estimate of drug-likeness (QED) is 0.619. The fourth-order valence-corrected chi connectivity index (χ4v) is 4.31. The number of rotatable bonds is 2. The highest BCUT2D eigenvalue weighted by molar-refractivity contribution is 8.18. The number of hydrogen-bond donors (Lipinski definition) is 0. The van der Waals surface area contributed by atoms with E-state index in [1.807, 2.05) is 23.5 Å². The van der Waals surface area contributed by atoms with Gasteiger partial charge in [-0.05, 0) is 6.92 Å². The fraction of sp³-hybridized carbons (Fsp3) is 0.900. The molecule has 0 aromatic heterocycles. The Balaban J connectivity index is 3.83. The highest BCUT2D eigenvalue weighted by atomic mass is 32.2. The summed E-state index contributed by atoms with van der Waals surface area (Å²) in [5, 5.41) is 0. The molecule has 0 bridgehead atoms. The van der Waals surface area contributed by atoms with Crippen molar-refractivity contribution in [2.24, 2.45) is 0 Å². The number of hydrogen-bond acceptors (Lipinski definition) is 2. The van der Waals surface area contributed by atoms with Gasteiger partial charge in [0.25, 0.3) is 0 Å². The maximum absolute atomic E-state index is 4.13. The minimum absolute atomic E-state index is 0.324. The van der Waals surface area contributed by atoms with E-state index in [-0.39, 0.29) is 0 Å². The van der Waals surface area contributed by atoms with Gasteiger partial charge in [0.15, 0.2) is 0 Å². The standard InChI is InChI=1S/C10H21S2/c1-8(11-9(2,3)4)12-10(5,6)7/h8H,1H2,2-7H3. The van der Waals surface area contributed by atoms with Crippen molar-refractivity contribution in [1.29, 1.82) is 0 Å². The van der Waals surface area contributed by atoms with Crippen molar-refractivity contribution in [2.75, 3.05) is 0 Å². The van der Waals surface area contributed by atoms with E-state index in [1.165, 1.54) is 0 Å². The first kappa shape index (κ1) is 12.7. The van der Waals surface area contributed by atoms with E-state index in [0.717, 1.165) is 0 Å². The Morgan fingerprint density at radius 3 is 1.25 bits per heavy atom. The Morgan fingerprint density at radius 2 is 1.08 bits per heavy atom. The van der Waals surface area contributed by atoms with Crippen LogP contribution < -0.4 is 0 Å². The maximum Gasteiger partial charge on any atom is 0.0513 e. The van der Waals surface area contributed by atoms with Gasteiger partial charge in [0.2, 0.25) is 0 Å². The zero-order valence-electron chi connectivity index (χ0n) is 9.10. The molecule has 2 heteroatoms. The van der Waals surface area contributed by atoms with E-state index in [1.54, 1.807) is 0 Å². The van der Waals surface area contributed by atoms with Crippen LogP contribution in [0.1, 0.15) is 41.5 Å². The second-order valence-corrected chi connectivity index (χ2v) is 9.25. The van der Waals surface area contributed by atoms with Crippen LogP contribution in [0.15, 0.2) is 0 Å². The monoisotopic (exact) mass is 205 g/mol. The molecule has 0 aromatic carbocycles. The molecular weight excluding hydrogens is 184 g/mol. The third-order valence-electron chi connectivity index (χ3n) is 0.970. The van der Waals surface area contributed by atoms with E-state index in [4.69, 9.17) is 0 Å². The van der Waals surface area contributed by atoms with E-state index in [9.17, 15) is 0 Å². The van der Waals surface area contributed by atoms with Crippen molar-refractivity contribution in [1.82, 2.24) is 0 Å².